The molecule has 1 aromatic heterocycles. The monoisotopic (exact) mass is 261 g/mol. The normalized spacial score (nSPS) is 11.1. The van der Waals surface area contributed by atoms with Crippen LogP contribution in [0.3, 0.4) is 0 Å². The first-order valence-corrected chi connectivity index (χ1v) is 6.11. The van der Waals surface area contributed by atoms with Crippen molar-refractivity contribution in [2.75, 3.05) is 6.54 Å². The van der Waals surface area contributed by atoms with Gasteiger partial charge in [0, 0.05) is 4.70 Å². The van der Waals surface area contributed by atoms with Crippen molar-refractivity contribution < 1.29 is 13.2 Å². The maximum Gasteiger partial charge on any atom is 0.416 e. The number of rotatable bonds is 1. The summed E-state index contributed by atoms with van der Waals surface area (Å²) in [4.78, 5) is 0. The molecule has 0 aliphatic rings. The second-order valence-corrected chi connectivity index (χ2v) is 4.41. The first kappa shape index (κ1) is 14.0. The van der Waals surface area contributed by atoms with Gasteiger partial charge in [-0.15, -0.1) is 11.3 Å². The lowest BCUT2D eigenvalue weighted by Gasteiger charge is -2.05. The van der Waals surface area contributed by atoms with E-state index in [1.165, 1.54) is 23.5 Å². The Kier molecular flexibility index (Phi) is 4.96. The first-order chi connectivity index (χ1) is 7.99. The van der Waals surface area contributed by atoms with Crippen LogP contribution >= 0.6 is 11.3 Å². The molecule has 17 heavy (non-hydrogen) atoms. The Labute approximate surface area is 102 Å². The number of nitrogens with two attached hydrogens (primary N) is 1. The summed E-state index contributed by atoms with van der Waals surface area (Å²) in [6.45, 7) is 2.88. The van der Waals surface area contributed by atoms with Crippen LogP contribution in [-0.2, 0) is 6.18 Å². The highest BCUT2D eigenvalue weighted by atomic mass is 32.1. The summed E-state index contributed by atoms with van der Waals surface area (Å²) in [5.74, 6) is 0. The zero-order valence-electron chi connectivity index (χ0n) is 9.42. The molecule has 0 unspecified atom stereocenters. The number of halogens is 3. The van der Waals surface area contributed by atoms with E-state index in [1.807, 2.05) is 0 Å². The Balaban J connectivity index is 0.000000317. The van der Waals surface area contributed by atoms with E-state index in [4.69, 9.17) is 5.73 Å². The summed E-state index contributed by atoms with van der Waals surface area (Å²) in [6.07, 6.45) is -3.14. The first-order valence-electron chi connectivity index (χ1n) is 5.23. The molecule has 0 saturated carbocycles. The van der Waals surface area contributed by atoms with Gasteiger partial charge in [-0.1, -0.05) is 13.0 Å². The van der Waals surface area contributed by atoms with E-state index in [-0.39, 0.29) is 0 Å². The Morgan fingerprint density at radius 1 is 1.24 bits per heavy atom. The summed E-state index contributed by atoms with van der Waals surface area (Å²) in [5.41, 5.74) is 4.45. The number of benzene rings is 1. The van der Waals surface area contributed by atoms with Crippen LogP contribution in [0.4, 0.5) is 13.2 Å². The van der Waals surface area contributed by atoms with Gasteiger partial charge >= 0.3 is 6.18 Å². The van der Waals surface area contributed by atoms with Crippen molar-refractivity contribution in [2.24, 2.45) is 5.73 Å². The lowest BCUT2D eigenvalue weighted by Crippen LogP contribution is -2.03. The molecule has 0 fully saturated rings. The molecule has 5 heteroatoms. The fraction of sp³-hybridized carbons (Fsp3) is 0.333. The molecule has 0 spiro atoms. The van der Waals surface area contributed by atoms with E-state index < -0.39 is 11.7 Å². The number of hydrogen-bond donors (Lipinski definition) is 1. The van der Waals surface area contributed by atoms with Gasteiger partial charge in [-0.05, 0) is 41.9 Å². The fourth-order valence-electron chi connectivity index (χ4n) is 1.13. The van der Waals surface area contributed by atoms with Gasteiger partial charge in [0.1, 0.15) is 0 Å². The zero-order valence-corrected chi connectivity index (χ0v) is 10.2. The zero-order chi connectivity index (χ0) is 12.9. The predicted octanol–water partition coefficient (Wildman–Crippen LogP) is 4.28. The van der Waals surface area contributed by atoms with Crippen molar-refractivity contribution >= 4 is 21.4 Å². The number of thiophene rings is 1. The lowest BCUT2D eigenvalue weighted by molar-refractivity contribution is -0.137. The Hall–Kier alpha value is -1.07. The van der Waals surface area contributed by atoms with E-state index in [1.54, 1.807) is 11.4 Å². The molecule has 1 heterocycles. The topological polar surface area (TPSA) is 26.0 Å². The van der Waals surface area contributed by atoms with Gasteiger partial charge in [-0.2, -0.15) is 13.2 Å². The second-order valence-electron chi connectivity index (χ2n) is 3.46. The van der Waals surface area contributed by atoms with Crippen molar-refractivity contribution in [3.8, 4) is 0 Å². The molecular formula is C12H14F3NS. The average molecular weight is 261 g/mol. The van der Waals surface area contributed by atoms with Crippen molar-refractivity contribution in [3.63, 3.8) is 0 Å². The number of alkyl halides is 3. The largest absolute Gasteiger partial charge is 0.416 e. The third-order valence-corrected chi connectivity index (χ3v) is 2.95. The second kappa shape index (κ2) is 6.02. The van der Waals surface area contributed by atoms with Gasteiger partial charge in [0.2, 0.25) is 0 Å². The summed E-state index contributed by atoms with van der Waals surface area (Å²) < 4.78 is 37.4. The Morgan fingerprint density at radius 2 is 1.88 bits per heavy atom. The van der Waals surface area contributed by atoms with Crippen LogP contribution in [0.25, 0.3) is 10.1 Å². The molecule has 0 bridgehead atoms. The molecule has 2 rings (SSSR count). The molecule has 94 valence electrons. The maximum absolute atomic E-state index is 12.2. The van der Waals surface area contributed by atoms with Gasteiger partial charge in [-0.25, -0.2) is 0 Å². The number of fused-ring (bicyclic) bond motifs is 1. The molecule has 2 N–H and O–H groups in total. The Morgan fingerprint density at radius 3 is 2.41 bits per heavy atom. The highest BCUT2D eigenvalue weighted by molar-refractivity contribution is 7.17. The van der Waals surface area contributed by atoms with E-state index in [2.05, 4.69) is 6.92 Å². The van der Waals surface area contributed by atoms with Crippen LogP contribution in [0.2, 0.25) is 0 Å². The van der Waals surface area contributed by atoms with Crippen LogP contribution in [0.15, 0.2) is 29.6 Å². The smallest absolute Gasteiger partial charge is 0.330 e. The minimum absolute atomic E-state index is 0.581. The molecule has 0 radical (unpaired) electrons. The van der Waals surface area contributed by atoms with E-state index >= 15 is 0 Å². The highest BCUT2D eigenvalue weighted by Crippen LogP contribution is 2.32. The summed E-state index contributed by atoms with van der Waals surface area (Å²) in [6, 6.07) is 5.59. The molecular weight excluding hydrogens is 247 g/mol. The van der Waals surface area contributed by atoms with Crippen LogP contribution in [-0.4, -0.2) is 6.54 Å². The van der Waals surface area contributed by atoms with Crippen LogP contribution in [0.1, 0.15) is 18.9 Å². The molecule has 0 atom stereocenters. The van der Waals surface area contributed by atoms with Gasteiger partial charge in [-0.3, -0.25) is 0 Å². The molecule has 1 nitrogen and oxygen atoms in total. The molecule has 2 aromatic rings. The van der Waals surface area contributed by atoms with Gasteiger partial charge in [0.15, 0.2) is 0 Å². The van der Waals surface area contributed by atoms with Crippen molar-refractivity contribution in [3.05, 3.63) is 35.2 Å². The SMILES string of the molecule is CCCN.FC(F)(F)c1ccc2ccsc2c1. The van der Waals surface area contributed by atoms with Gasteiger partial charge in [0.05, 0.1) is 5.56 Å². The number of hydrogen-bond acceptors (Lipinski definition) is 2. The quantitative estimate of drug-likeness (QED) is 0.814. The fourth-order valence-corrected chi connectivity index (χ4v) is 1.96. The van der Waals surface area contributed by atoms with Crippen LogP contribution < -0.4 is 5.73 Å². The molecule has 0 aliphatic carbocycles. The van der Waals surface area contributed by atoms with Gasteiger partial charge < -0.3 is 5.73 Å². The minimum Gasteiger partial charge on any atom is -0.330 e. The van der Waals surface area contributed by atoms with E-state index in [9.17, 15) is 13.2 Å². The maximum atomic E-state index is 12.2. The molecule has 1 aromatic carbocycles. The summed E-state index contributed by atoms with van der Waals surface area (Å²) >= 11 is 1.32. The molecule has 0 aliphatic heterocycles. The van der Waals surface area contributed by atoms with Crippen LogP contribution in [0, 0.1) is 0 Å². The molecule has 0 saturated heterocycles. The molecule has 0 amide bonds. The lowest BCUT2D eigenvalue weighted by atomic mass is 10.2. The van der Waals surface area contributed by atoms with Crippen molar-refractivity contribution in [1.82, 2.24) is 0 Å². The average Bonchev–Trinajstić information content (AvgIpc) is 2.75. The predicted molar refractivity (Wildman–Crippen MR) is 66.2 cm³/mol. The minimum atomic E-state index is -4.24. The van der Waals surface area contributed by atoms with E-state index in [0.717, 1.165) is 24.4 Å². The third-order valence-electron chi connectivity index (χ3n) is 2.07. The standard InChI is InChI=1S/C9H5F3S.C3H9N/c10-9(11,12)7-2-1-6-3-4-13-8(6)5-7;1-2-3-4/h1-5H;2-4H2,1H3. The van der Waals surface area contributed by atoms with E-state index in [0.29, 0.717) is 4.70 Å². The Bertz CT molecular complexity index is 460. The summed E-state index contributed by atoms with van der Waals surface area (Å²) in [5, 5.41) is 2.64. The van der Waals surface area contributed by atoms with Crippen molar-refractivity contribution in [2.45, 2.75) is 19.5 Å². The van der Waals surface area contributed by atoms with Crippen molar-refractivity contribution in [1.29, 1.82) is 0 Å². The highest BCUT2D eigenvalue weighted by Gasteiger charge is 2.30. The van der Waals surface area contributed by atoms with Gasteiger partial charge in [0.25, 0.3) is 0 Å². The third kappa shape index (κ3) is 4.02. The van der Waals surface area contributed by atoms with Crippen LogP contribution in [0.5, 0.6) is 0 Å². The summed E-state index contributed by atoms with van der Waals surface area (Å²) in [7, 11) is 0.